The van der Waals surface area contributed by atoms with Crippen LogP contribution in [0.1, 0.15) is 32.7 Å². The van der Waals surface area contributed by atoms with Gasteiger partial charge in [-0.1, -0.05) is 13.8 Å². The Kier molecular flexibility index (Phi) is 5.35. The molecule has 9 nitrogen and oxygen atoms in total. The second-order valence-electron chi connectivity index (χ2n) is 9.03. The van der Waals surface area contributed by atoms with E-state index in [1.807, 2.05) is 0 Å². The van der Waals surface area contributed by atoms with Gasteiger partial charge in [0.05, 0.1) is 28.9 Å². The minimum absolute atomic E-state index is 0.127. The fraction of sp³-hybridized carbons (Fsp3) is 0.409. The van der Waals surface area contributed by atoms with Crippen molar-refractivity contribution in [3.05, 3.63) is 46.9 Å². The van der Waals surface area contributed by atoms with Crippen LogP contribution in [0.3, 0.4) is 0 Å². The molecule has 1 fully saturated rings. The Morgan fingerprint density at radius 3 is 2.53 bits per heavy atom. The average molecular weight is 455 g/mol. The third-order valence-corrected chi connectivity index (χ3v) is 8.02. The minimum atomic E-state index is -3.53. The summed E-state index contributed by atoms with van der Waals surface area (Å²) in [5, 5.41) is 17.7. The van der Waals surface area contributed by atoms with Crippen molar-refractivity contribution in [3.8, 4) is 6.07 Å². The number of fused-ring (bicyclic) bond motifs is 1. The molecule has 2 heterocycles. The van der Waals surface area contributed by atoms with E-state index < -0.39 is 10.0 Å². The molecule has 0 amide bonds. The number of aromatic amines is 1. The van der Waals surface area contributed by atoms with Gasteiger partial charge in [0.15, 0.2) is 5.82 Å². The van der Waals surface area contributed by atoms with E-state index >= 15 is 0 Å². The van der Waals surface area contributed by atoms with Crippen LogP contribution < -0.4 is 10.9 Å². The molecule has 0 spiro atoms. The Hall–Kier alpha value is -3.16. The Balaban J connectivity index is 1.74. The first-order valence-corrected chi connectivity index (χ1v) is 11.8. The normalized spacial score (nSPS) is 18.4. The first-order chi connectivity index (χ1) is 15.1. The van der Waals surface area contributed by atoms with E-state index in [9.17, 15) is 18.5 Å². The zero-order valence-electron chi connectivity index (χ0n) is 18.5. The highest BCUT2D eigenvalue weighted by molar-refractivity contribution is 7.89. The second kappa shape index (κ2) is 7.76. The topological polar surface area (TPSA) is 124 Å². The van der Waals surface area contributed by atoms with Gasteiger partial charge in [0.2, 0.25) is 10.0 Å². The molecule has 1 aliphatic rings. The molecule has 2 unspecified atom stereocenters. The van der Waals surface area contributed by atoms with Crippen LogP contribution in [-0.4, -0.2) is 41.6 Å². The van der Waals surface area contributed by atoms with Crippen molar-refractivity contribution in [2.75, 3.05) is 19.4 Å². The zero-order valence-corrected chi connectivity index (χ0v) is 19.3. The standard InChI is InChI=1S/C22H26N6O3S/c1-22(2)13-16(22)17(9-11-23)28-18-10-12-24-21(29)19(18)20(26-28)25-14-5-7-15(8-6-14)32(30,31)27(3)4/h5-8,10,12,16-17H,9,13H2,1-4H3,(H,24,29)(H,25,26). The van der Waals surface area contributed by atoms with Crippen LogP contribution in [0, 0.1) is 22.7 Å². The summed E-state index contributed by atoms with van der Waals surface area (Å²) in [6, 6.07) is 10.2. The number of nitrogens with zero attached hydrogens (tertiary/aromatic N) is 4. The lowest BCUT2D eigenvalue weighted by Gasteiger charge is -2.17. The fourth-order valence-electron chi connectivity index (χ4n) is 4.15. The largest absolute Gasteiger partial charge is 0.338 e. The number of benzene rings is 1. The predicted molar refractivity (Wildman–Crippen MR) is 122 cm³/mol. The van der Waals surface area contributed by atoms with Gasteiger partial charge in [-0.05, 0) is 48.1 Å². The summed E-state index contributed by atoms with van der Waals surface area (Å²) in [6.07, 6.45) is 2.87. The summed E-state index contributed by atoms with van der Waals surface area (Å²) in [6.45, 7) is 4.34. The molecule has 0 saturated heterocycles. The second-order valence-corrected chi connectivity index (χ2v) is 11.2. The van der Waals surface area contributed by atoms with Crippen LogP contribution in [0.15, 0.2) is 46.2 Å². The van der Waals surface area contributed by atoms with Crippen LogP contribution in [0.5, 0.6) is 0 Å². The molecule has 1 aromatic carbocycles. The molecule has 2 aromatic heterocycles. The Morgan fingerprint density at radius 2 is 1.97 bits per heavy atom. The van der Waals surface area contributed by atoms with Gasteiger partial charge in [-0.3, -0.25) is 9.48 Å². The summed E-state index contributed by atoms with van der Waals surface area (Å²) in [4.78, 5) is 15.5. The van der Waals surface area contributed by atoms with E-state index in [-0.39, 0.29) is 21.9 Å². The van der Waals surface area contributed by atoms with Gasteiger partial charge in [-0.25, -0.2) is 12.7 Å². The SMILES string of the molecule is CN(C)S(=O)(=O)c1ccc(Nc2nn(C(CC#N)C3CC3(C)C)c3cc[nH]c(=O)c23)cc1. The van der Waals surface area contributed by atoms with E-state index in [1.54, 1.807) is 29.1 Å². The van der Waals surface area contributed by atoms with Gasteiger partial charge in [0, 0.05) is 26.0 Å². The molecule has 32 heavy (non-hydrogen) atoms. The quantitative estimate of drug-likeness (QED) is 0.565. The molecule has 0 aliphatic heterocycles. The maximum Gasteiger partial charge on any atom is 0.261 e. The third kappa shape index (κ3) is 3.78. The van der Waals surface area contributed by atoms with E-state index in [2.05, 4.69) is 30.2 Å². The molecule has 1 aliphatic carbocycles. The summed E-state index contributed by atoms with van der Waals surface area (Å²) >= 11 is 0. The third-order valence-electron chi connectivity index (χ3n) is 6.19. The summed E-state index contributed by atoms with van der Waals surface area (Å²) in [5.41, 5.74) is 1.10. The molecule has 2 N–H and O–H groups in total. The predicted octanol–water partition coefficient (Wildman–Crippen LogP) is 3.22. The Bertz CT molecular complexity index is 1360. The lowest BCUT2D eigenvalue weighted by atomic mass is 10.0. The molecular formula is C22H26N6O3S. The lowest BCUT2D eigenvalue weighted by molar-refractivity contribution is 0.371. The van der Waals surface area contributed by atoms with Gasteiger partial charge in [-0.2, -0.15) is 10.4 Å². The fourth-order valence-corrected chi connectivity index (χ4v) is 5.06. The number of sulfonamides is 1. The molecular weight excluding hydrogens is 428 g/mol. The Morgan fingerprint density at radius 1 is 1.31 bits per heavy atom. The minimum Gasteiger partial charge on any atom is -0.338 e. The maximum absolute atomic E-state index is 12.7. The molecule has 168 valence electrons. The average Bonchev–Trinajstić information content (AvgIpc) is 3.21. The van der Waals surface area contributed by atoms with Crippen LogP contribution in [0.2, 0.25) is 0 Å². The van der Waals surface area contributed by atoms with Crippen molar-refractivity contribution >= 4 is 32.4 Å². The van der Waals surface area contributed by atoms with E-state index in [1.165, 1.54) is 26.2 Å². The number of H-pyrrole nitrogens is 1. The van der Waals surface area contributed by atoms with Gasteiger partial charge in [-0.15, -0.1) is 0 Å². The molecule has 0 bridgehead atoms. The lowest BCUT2D eigenvalue weighted by Crippen LogP contribution is -2.22. The number of hydrogen-bond acceptors (Lipinski definition) is 6. The monoisotopic (exact) mass is 454 g/mol. The number of pyridine rings is 1. The van der Waals surface area contributed by atoms with Gasteiger partial charge >= 0.3 is 0 Å². The molecule has 4 rings (SSSR count). The van der Waals surface area contributed by atoms with Crippen molar-refractivity contribution in [1.29, 1.82) is 5.26 Å². The summed E-state index contributed by atoms with van der Waals surface area (Å²) < 4.78 is 27.5. The van der Waals surface area contributed by atoms with Crippen molar-refractivity contribution < 1.29 is 8.42 Å². The molecule has 10 heteroatoms. The van der Waals surface area contributed by atoms with Crippen LogP contribution in [0.4, 0.5) is 11.5 Å². The van der Waals surface area contributed by atoms with Crippen molar-refractivity contribution in [1.82, 2.24) is 19.1 Å². The number of aromatic nitrogens is 3. The van der Waals surface area contributed by atoms with Gasteiger partial charge in [0.25, 0.3) is 5.56 Å². The Labute approximate surface area is 186 Å². The first kappa shape index (κ1) is 22.0. The summed E-state index contributed by atoms with van der Waals surface area (Å²) in [5.74, 6) is 0.666. The molecule has 3 aromatic rings. The highest BCUT2D eigenvalue weighted by atomic mass is 32.2. The molecule has 1 saturated carbocycles. The molecule has 0 radical (unpaired) electrons. The van der Waals surface area contributed by atoms with E-state index in [0.717, 1.165) is 10.7 Å². The van der Waals surface area contributed by atoms with E-state index in [4.69, 9.17) is 5.10 Å². The highest BCUT2D eigenvalue weighted by Crippen LogP contribution is 2.58. The van der Waals surface area contributed by atoms with Crippen LogP contribution >= 0.6 is 0 Å². The van der Waals surface area contributed by atoms with E-state index in [0.29, 0.717) is 34.7 Å². The van der Waals surface area contributed by atoms with Gasteiger partial charge in [0.1, 0.15) is 5.39 Å². The van der Waals surface area contributed by atoms with Crippen molar-refractivity contribution in [2.45, 2.75) is 37.6 Å². The number of nitrogens with one attached hydrogen (secondary N) is 2. The maximum atomic E-state index is 12.7. The van der Waals surface area contributed by atoms with Crippen LogP contribution in [-0.2, 0) is 10.0 Å². The highest BCUT2D eigenvalue weighted by Gasteiger charge is 2.51. The zero-order chi connectivity index (χ0) is 23.3. The van der Waals surface area contributed by atoms with Gasteiger partial charge < -0.3 is 10.3 Å². The first-order valence-electron chi connectivity index (χ1n) is 10.3. The summed E-state index contributed by atoms with van der Waals surface area (Å²) in [7, 11) is -0.580. The number of hydrogen-bond donors (Lipinski definition) is 2. The smallest absolute Gasteiger partial charge is 0.261 e. The number of nitriles is 1. The number of anilines is 2. The van der Waals surface area contributed by atoms with Crippen molar-refractivity contribution in [3.63, 3.8) is 0 Å². The van der Waals surface area contributed by atoms with Crippen LogP contribution in [0.25, 0.3) is 10.9 Å². The van der Waals surface area contributed by atoms with Crippen molar-refractivity contribution in [2.24, 2.45) is 11.3 Å². The molecule has 2 atom stereocenters. The number of rotatable bonds is 7.